The van der Waals surface area contributed by atoms with Gasteiger partial charge in [0.1, 0.15) is 5.75 Å². The molecule has 21 heavy (non-hydrogen) atoms. The zero-order chi connectivity index (χ0) is 15.7. The summed E-state index contributed by atoms with van der Waals surface area (Å²) in [6.07, 6.45) is -2.26. The van der Waals surface area contributed by atoms with Gasteiger partial charge in [0.05, 0.1) is 6.61 Å². The summed E-state index contributed by atoms with van der Waals surface area (Å²) in [5, 5.41) is 9.23. The quantitative estimate of drug-likeness (QED) is 0.701. The molecule has 1 aromatic carbocycles. The Bertz CT molecular complexity index is 445. The van der Waals surface area contributed by atoms with Gasteiger partial charge in [-0.2, -0.15) is 0 Å². The Morgan fingerprint density at radius 2 is 1.76 bits per heavy atom. The van der Waals surface area contributed by atoms with Crippen LogP contribution in [0.25, 0.3) is 0 Å². The predicted octanol–water partition coefficient (Wildman–Crippen LogP) is 1.88. The van der Waals surface area contributed by atoms with E-state index in [4.69, 9.17) is 14.2 Å². The molecule has 0 fully saturated rings. The van der Waals surface area contributed by atoms with Crippen molar-refractivity contribution in [1.29, 1.82) is 0 Å². The highest BCUT2D eigenvalue weighted by atomic mass is 16.6. The monoisotopic (exact) mass is 296 g/mol. The van der Waals surface area contributed by atoms with E-state index in [1.807, 2.05) is 0 Å². The Balaban J connectivity index is 2.74. The normalized spacial score (nSPS) is 13.2. The van der Waals surface area contributed by atoms with Crippen LogP contribution in [0.3, 0.4) is 0 Å². The van der Waals surface area contributed by atoms with Crippen molar-refractivity contribution < 1.29 is 28.9 Å². The van der Waals surface area contributed by atoms with Crippen molar-refractivity contribution >= 4 is 11.9 Å². The molecule has 0 aliphatic heterocycles. The molecule has 0 aliphatic rings. The summed E-state index contributed by atoms with van der Waals surface area (Å²) in [5.41, 5.74) is 0. The molecule has 0 radical (unpaired) electrons. The maximum Gasteiger partial charge on any atom is 0.345 e. The van der Waals surface area contributed by atoms with Gasteiger partial charge in [-0.25, -0.2) is 9.59 Å². The third-order valence-corrected chi connectivity index (χ3v) is 2.64. The van der Waals surface area contributed by atoms with Gasteiger partial charge >= 0.3 is 11.9 Å². The average Bonchev–Trinajstić information content (AvgIpc) is 2.47. The van der Waals surface area contributed by atoms with Crippen LogP contribution >= 0.6 is 0 Å². The van der Waals surface area contributed by atoms with E-state index < -0.39 is 24.1 Å². The maximum absolute atomic E-state index is 11.7. The smallest absolute Gasteiger partial charge is 0.345 e. The number of ether oxygens (including phenoxy) is 3. The molecule has 6 heteroatoms. The van der Waals surface area contributed by atoms with Crippen molar-refractivity contribution in [2.24, 2.45) is 0 Å². The minimum absolute atomic E-state index is 0.114. The number of carbonyl (C=O) groups excluding carboxylic acids is 1. The minimum atomic E-state index is -1.19. The number of hydrogen-bond acceptors (Lipinski definition) is 5. The van der Waals surface area contributed by atoms with E-state index >= 15 is 0 Å². The van der Waals surface area contributed by atoms with Gasteiger partial charge < -0.3 is 19.3 Å². The van der Waals surface area contributed by atoms with Gasteiger partial charge in [0.25, 0.3) is 0 Å². The molecule has 2 atom stereocenters. The first kappa shape index (κ1) is 17.0. The largest absolute Gasteiger partial charge is 0.479 e. The summed E-state index contributed by atoms with van der Waals surface area (Å²) in [5.74, 6) is -1.32. The summed E-state index contributed by atoms with van der Waals surface area (Å²) in [7, 11) is 0. The van der Waals surface area contributed by atoms with E-state index in [1.165, 1.54) is 0 Å². The lowest BCUT2D eigenvalue weighted by Gasteiger charge is -2.20. The van der Waals surface area contributed by atoms with Crippen LogP contribution in [0.15, 0.2) is 30.3 Å². The van der Waals surface area contributed by atoms with Crippen molar-refractivity contribution in [1.82, 2.24) is 0 Å². The van der Waals surface area contributed by atoms with E-state index in [1.54, 1.807) is 44.2 Å². The number of rotatable bonds is 9. The van der Waals surface area contributed by atoms with E-state index in [9.17, 15) is 14.7 Å². The van der Waals surface area contributed by atoms with Gasteiger partial charge in [-0.1, -0.05) is 18.2 Å². The summed E-state index contributed by atoms with van der Waals surface area (Å²) in [6, 6.07) is 8.56. The van der Waals surface area contributed by atoms with E-state index in [0.717, 1.165) is 0 Å². The lowest BCUT2D eigenvalue weighted by Crippen LogP contribution is -2.37. The average molecular weight is 296 g/mol. The number of para-hydroxylation sites is 1. The highest BCUT2D eigenvalue weighted by Gasteiger charge is 2.30. The molecular formula is C15H20O6. The zero-order valence-electron chi connectivity index (χ0n) is 12.2. The second kappa shape index (κ2) is 8.97. The zero-order valence-corrected chi connectivity index (χ0v) is 12.2. The molecule has 0 aliphatic carbocycles. The Morgan fingerprint density at radius 3 is 2.29 bits per heavy atom. The Morgan fingerprint density at radius 1 is 1.10 bits per heavy atom. The standard InChI is InChI=1S/C15H20O6/c1-3-19-13(15(18)20-4-2)10-12(14(16)17)21-11-8-6-5-7-9-11/h5-9,12-13H,3-4,10H2,1-2H3,(H,16,17). The van der Waals surface area contributed by atoms with Crippen LogP contribution in [0.5, 0.6) is 5.75 Å². The van der Waals surface area contributed by atoms with Crippen molar-refractivity contribution in [2.45, 2.75) is 32.5 Å². The molecule has 2 unspecified atom stereocenters. The van der Waals surface area contributed by atoms with Crippen molar-refractivity contribution in [3.63, 3.8) is 0 Å². The SMILES string of the molecule is CCOC(=O)C(CC(Oc1ccccc1)C(=O)O)OCC. The van der Waals surface area contributed by atoms with Crippen LogP contribution in [-0.2, 0) is 19.1 Å². The fourth-order valence-corrected chi connectivity index (χ4v) is 1.73. The fraction of sp³-hybridized carbons (Fsp3) is 0.467. The highest BCUT2D eigenvalue weighted by molar-refractivity contribution is 5.78. The van der Waals surface area contributed by atoms with Crippen LogP contribution in [0.1, 0.15) is 20.3 Å². The molecule has 0 amide bonds. The van der Waals surface area contributed by atoms with Gasteiger partial charge in [-0.15, -0.1) is 0 Å². The van der Waals surface area contributed by atoms with Crippen molar-refractivity contribution in [3.05, 3.63) is 30.3 Å². The molecular weight excluding hydrogens is 276 g/mol. The topological polar surface area (TPSA) is 82.1 Å². The molecule has 0 saturated carbocycles. The molecule has 0 aromatic heterocycles. The molecule has 1 N–H and O–H groups in total. The van der Waals surface area contributed by atoms with Crippen LogP contribution in [0.2, 0.25) is 0 Å². The molecule has 116 valence electrons. The third-order valence-electron chi connectivity index (χ3n) is 2.64. The Kier molecular flexibility index (Phi) is 7.25. The van der Waals surface area contributed by atoms with Crippen LogP contribution in [-0.4, -0.2) is 42.5 Å². The fourth-order valence-electron chi connectivity index (χ4n) is 1.73. The van der Waals surface area contributed by atoms with Gasteiger partial charge in [-0.3, -0.25) is 0 Å². The number of carbonyl (C=O) groups is 2. The first-order valence-electron chi connectivity index (χ1n) is 6.81. The van der Waals surface area contributed by atoms with E-state index in [2.05, 4.69) is 0 Å². The number of aliphatic carboxylic acids is 1. The van der Waals surface area contributed by atoms with Gasteiger partial charge in [0.15, 0.2) is 12.2 Å². The van der Waals surface area contributed by atoms with Crippen molar-refractivity contribution in [3.8, 4) is 5.75 Å². The first-order valence-corrected chi connectivity index (χ1v) is 6.81. The second-order valence-electron chi connectivity index (χ2n) is 4.19. The van der Waals surface area contributed by atoms with Crippen LogP contribution < -0.4 is 4.74 Å². The predicted molar refractivity (Wildman–Crippen MR) is 75.2 cm³/mol. The summed E-state index contributed by atoms with van der Waals surface area (Å²) in [4.78, 5) is 23.0. The van der Waals surface area contributed by atoms with Crippen molar-refractivity contribution in [2.75, 3.05) is 13.2 Å². The molecule has 0 saturated heterocycles. The molecule has 1 aromatic rings. The lowest BCUT2D eigenvalue weighted by molar-refractivity contribution is -0.160. The number of benzene rings is 1. The molecule has 0 bridgehead atoms. The lowest BCUT2D eigenvalue weighted by atomic mass is 10.1. The first-order chi connectivity index (χ1) is 10.1. The van der Waals surface area contributed by atoms with Gasteiger partial charge in [-0.05, 0) is 26.0 Å². The minimum Gasteiger partial charge on any atom is -0.479 e. The Labute approximate surface area is 123 Å². The molecule has 0 spiro atoms. The molecule has 0 heterocycles. The molecule has 1 rings (SSSR count). The second-order valence-corrected chi connectivity index (χ2v) is 4.19. The summed E-state index contributed by atoms with van der Waals surface area (Å²) < 4.78 is 15.5. The van der Waals surface area contributed by atoms with Gasteiger partial charge in [0, 0.05) is 13.0 Å². The van der Waals surface area contributed by atoms with E-state index in [-0.39, 0.29) is 19.6 Å². The number of hydrogen-bond donors (Lipinski definition) is 1. The number of esters is 1. The summed E-state index contributed by atoms with van der Waals surface area (Å²) >= 11 is 0. The number of carboxylic acids is 1. The number of carboxylic acid groups (broad SMARTS) is 1. The third kappa shape index (κ3) is 5.83. The Hall–Kier alpha value is -2.08. The van der Waals surface area contributed by atoms with E-state index in [0.29, 0.717) is 5.75 Å². The van der Waals surface area contributed by atoms with Gasteiger partial charge in [0.2, 0.25) is 0 Å². The molecule has 6 nitrogen and oxygen atoms in total. The summed E-state index contributed by atoms with van der Waals surface area (Å²) in [6.45, 7) is 3.89. The van der Waals surface area contributed by atoms with Crippen LogP contribution in [0, 0.1) is 0 Å². The van der Waals surface area contributed by atoms with Crippen LogP contribution in [0.4, 0.5) is 0 Å². The highest BCUT2D eigenvalue weighted by Crippen LogP contribution is 2.15. The maximum atomic E-state index is 11.7.